The first-order valence-corrected chi connectivity index (χ1v) is 9.96. The van der Waals surface area contributed by atoms with Gasteiger partial charge in [-0.05, 0) is 38.3 Å². The summed E-state index contributed by atoms with van der Waals surface area (Å²) in [6.45, 7) is 7.95. The lowest BCUT2D eigenvalue weighted by Gasteiger charge is -2.10. The summed E-state index contributed by atoms with van der Waals surface area (Å²) >= 11 is 0. The number of unbranched alkanes of at least 4 members (excludes halogenated alkanes) is 7. The standard InChI is InChI=1S/C21H36N2O3/c1-4-6-7-8-9-10-11-12-13-16-22-20-15-14-19(23(20)3)21(24)26-18-17-25-5-2/h4,14-15,22H,1,5-13,16-18H2,2-3H3. The molecule has 1 rings (SSSR count). The fraction of sp³-hybridized carbons (Fsp3) is 0.667. The van der Waals surface area contributed by atoms with Gasteiger partial charge in [0.2, 0.25) is 0 Å². The fourth-order valence-corrected chi connectivity index (χ4v) is 2.82. The van der Waals surface area contributed by atoms with Crippen LogP contribution in [0.5, 0.6) is 0 Å². The van der Waals surface area contributed by atoms with Crippen LogP contribution in [0.3, 0.4) is 0 Å². The quantitative estimate of drug-likeness (QED) is 0.256. The first-order valence-electron chi connectivity index (χ1n) is 9.96. The summed E-state index contributed by atoms with van der Waals surface area (Å²) in [4.78, 5) is 12.1. The molecule has 0 aliphatic heterocycles. The normalized spacial score (nSPS) is 10.7. The van der Waals surface area contributed by atoms with Gasteiger partial charge in [0, 0.05) is 20.2 Å². The molecule has 5 heteroatoms. The Hall–Kier alpha value is -1.75. The van der Waals surface area contributed by atoms with Gasteiger partial charge in [-0.2, -0.15) is 0 Å². The number of hydrogen-bond acceptors (Lipinski definition) is 4. The van der Waals surface area contributed by atoms with Crippen molar-refractivity contribution in [1.82, 2.24) is 4.57 Å². The smallest absolute Gasteiger partial charge is 0.355 e. The summed E-state index contributed by atoms with van der Waals surface area (Å²) < 4.78 is 12.2. The third kappa shape index (κ3) is 9.09. The Kier molecular flexibility index (Phi) is 12.4. The molecule has 1 heterocycles. The molecule has 0 fully saturated rings. The minimum atomic E-state index is -0.309. The van der Waals surface area contributed by atoms with Crippen molar-refractivity contribution >= 4 is 11.8 Å². The maximum atomic E-state index is 12.1. The number of hydrogen-bond donors (Lipinski definition) is 1. The SMILES string of the molecule is C=CCCCCCCCCCNc1ccc(C(=O)OCCOCC)n1C. The summed E-state index contributed by atoms with van der Waals surface area (Å²) in [5, 5.41) is 3.40. The Morgan fingerprint density at radius 2 is 1.81 bits per heavy atom. The number of aromatic nitrogens is 1. The molecular formula is C21H36N2O3. The van der Waals surface area contributed by atoms with Gasteiger partial charge in [-0.3, -0.25) is 0 Å². The van der Waals surface area contributed by atoms with Gasteiger partial charge >= 0.3 is 5.97 Å². The molecule has 0 bridgehead atoms. The van der Waals surface area contributed by atoms with Gasteiger partial charge in [-0.25, -0.2) is 4.79 Å². The highest BCUT2D eigenvalue weighted by molar-refractivity contribution is 5.88. The topological polar surface area (TPSA) is 52.5 Å². The largest absolute Gasteiger partial charge is 0.459 e. The van der Waals surface area contributed by atoms with Crippen LogP contribution in [0.15, 0.2) is 24.8 Å². The van der Waals surface area contributed by atoms with Crippen molar-refractivity contribution in [1.29, 1.82) is 0 Å². The second-order valence-corrected chi connectivity index (χ2v) is 6.47. The molecule has 0 saturated carbocycles. The van der Waals surface area contributed by atoms with E-state index in [1.807, 2.05) is 30.7 Å². The zero-order chi connectivity index (χ0) is 19.0. The first kappa shape index (κ1) is 22.3. The minimum Gasteiger partial charge on any atom is -0.459 e. The zero-order valence-corrected chi connectivity index (χ0v) is 16.6. The van der Waals surface area contributed by atoms with Gasteiger partial charge in [0.05, 0.1) is 6.61 Å². The first-order chi connectivity index (χ1) is 12.7. The summed E-state index contributed by atoms with van der Waals surface area (Å²) in [6.07, 6.45) is 12.1. The molecule has 0 saturated heterocycles. The maximum Gasteiger partial charge on any atom is 0.355 e. The third-order valence-electron chi connectivity index (χ3n) is 4.39. The van der Waals surface area contributed by atoms with E-state index in [0.717, 1.165) is 25.2 Å². The van der Waals surface area contributed by atoms with Crippen molar-refractivity contribution in [2.45, 2.75) is 58.3 Å². The molecule has 0 spiro atoms. The van der Waals surface area contributed by atoms with Gasteiger partial charge in [0.1, 0.15) is 18.1 Å². The molecule has 5 nitrogen and oxygen atoms in total. The number of anilines is 1. The van der Waals surface area contributed by atoms with Crippen LogP contribution in [-0.4, -0.2) is 36.9 Å². The van der Waals surface area contributed by atoms with Gasteiger partial charge in [0.15, 0.2) is 0 Å². The molecule has 0 unspecified atom stereocenters. The molecule has 148 valence electrons. The summed E-state index contributed by atoms with van der Waals surface area (Å²) in [5.41, 5.74) is 0.559. The van der Waals surface area contributed by atoms with E-state index in [0.29, 0.717) is 18.9 Å². The average Bonchev–Trinajstić information content (AvgIpc) is 3.01. The van der Waals surface area contributed by atoms with Crippen LogP contribution in [0.1, 0.15) is 68.8 Å². The van der Waals surface area contributed by atoms with E-state index in [9.17, 15) is 4.79 Å². The number of esters is 1. The van der Waals surface area contributed by atoms with Crippen molar-refractivity contribution in [3.8, 4) is 0 Å². The Labute approximate surface area is 158 Å². The Morgan fingerprint density at radius 3 is 2.50 bits per heavy atom. The number of rotatable bonds is 16. The summed E-state index contributed by atoms with van der Waals surface area (Å²) in [5.74, 6) is 0.642. The molecule has 0 aromatic carbocycles. The van der Waals surface area contributed by atoms with E-state index >= 15 is 0 Å². The van der Waals surface area contributed by atoms with E-state index < -0.39 is 0 Å². The van der Waals surface area contributed by atoms with Crippen LogP contribution in [0, 0.1) is 0 Å². The van der Waals surface area contributed by atoms with E-state index in [-0.39, 0.29) is 12.6 Å². The average molecular weight is 365 g/mol. The fourth-order valence-electron chi connectivity index (χ4n) is 2.82. The highest BCUT2D eigenvalue weighted by Crippen LogP contribution is 2.14. The summed E-state index contributed by atoms with van der Waals surface area (Å²) in [7, 11) is 1.88. The molecule has 0 atom stereocenters. The van der Waals surface area contributed by atoms with E-state index in [1.165, 1.54) is 38.5 Å². The number of allylic oxidation sites excluding steroid dienone is 1. The number of nitrogens with one attached hydrogen (secondary N) is 1. The predicted octanol–water partition coefficient (Wildman–Crippen LogP) is 4.94. The van der Waals surface area contributed by atoms with Crippen molar-refractivity contribution in [2.75, 3.05) is 31.7 Å². The van der Waals surface area contributed by atoms with Crippen molar-refractivity contribution in [2.24, 2.45) is 7.05 Å². The van der Waals surface area contributed by atoms with E-state index in [1.54, 1.807) is 6.07 Å². The molecule has 1 N–H and O–H groups in total. The van der Waals surface area contributed by atoms with E-state index in [4.69, 9.17) is 9.47 Å². The lowest BCUT2D eigenvalue weighted by Crippen LogP contribution is -2.15. The van der Waals surface area contributed by atoms with Gasteiger partial charge < -0.3 is 19.4 Å². The van der Waals surface area contributed by atoms with Crippen LogP contribution in [-0.2, 0) is 16.5 Å². The van der Waals surface area contributed by atoms with Gasteiger partial charge in [0.25, 0.3) is 0 Å². The second-order valence-electron chi connectivity index (χ2n) is 6.47. The highest BCUT2D eigenvalue weighted by Gasteiger charge is 2.13. The summed E-state index contributed by atoms with van der Waals surface area (Å²) in [6, 6.07) is 3.73. The molecule has 0 aliphatic rings. The number of nitrogens with zero attached hydrogens (tertiary/aromatic N) is 1. The van der Waals surface area contributed by atoms with Crippen molar-refractivity contribution in [3.63, 3.8) is 0 Å². The highest BCUT2D eigenvalue weighted by atomic mass is 16.6. The monoisotopic (exact) mass is 364 g/mol. The van der Waals surface area contributed by atoms with Crippen molar-refractivity contribution in [3.05, 3.63) is 30.5 Å². The van der Waals surface area contributed by atoms with Crippen LogP contribution >= 0.6 is 0 Å². The third-order valence-corrected chi connectivity index (χ3v) is 4.39. The molecule has 0 radical (unpaired) electrons. The van der Waals surface area contributed by atoms with Gasteiger partial charge in [-0.1, -0.05) is 38.2 Å². The number of ether oxygens (including phenoxy) is 2. The van der Waals surface area contributed by atoms with Crippen LogP contribution in [0.4, 0.5) is 5.82 Å². The lowest BCUT2D eigenvalue weighted by atomic mass is 10.1. The van der Waals surface area contributed by atoms with Crippen LogP contribution < -0.4 is 5.32 Å². The molecule has 1 aromatic heterocycles. The molecule has 0 aliphatic carbocycles. The van der Waals surface area contributed by atoms with Gasteiger partial charge in [-0.15, -0.1) is 6.58 Å². The molecule has 0 amide bonds. The molecule has 1 aromatic rings. The Balaban J connectivity index is 2.15. The predicted molar refractivity (Wildman–Crippen MR) is 108 cm³/mol. The Bertz CT molecular complexity index is 511. The molecular weight excluding hydrogens is 328 g/mol. The zero-order valence-electron chi connectivity index (χ0n) is 16.6. The number of carbonyl (C=O) groups is 1. The minimum absolute atomic E-state index is 0.286. The molecule has 26 heavy (non-hydrogen) atoms. The second kappa shape index (κ2) is 14.4. The van der Waals surface area contributed by atoms with Crippen molar-refractivity contribution < 1.29 is 14.3 Å². The lowest BCUT2D eigenvalue weighted by molar-refractivity contribution is 0.0326. The number of carbonyl (C=O) groups excluding carboxylic acids is 1. The Morgan fingerprint density at radius 1 is 1.12 bits per heavy atom. The van der Waals surface area contributed by atoms with E-state index in [2.05, 4.69) is 11.9 Å². The maximum absolute atomic E-state index is 12.1. The van der Waals surface area contributed by atoms with Crippen LogP contribution in [0.2, 0.25) is 0 Å². The van der Waals surface area contributed by atoms with Crippen LogP contribution in [0.25, 0.3) is 0 Å².